The SMILES string of the molecule is COc1ccc(-c2cc(C)no2)cc1S(=O)(=O)N1CCSc2ccccc21. The number of anilines is 1. The van der Waals surface area contributed by atoms with Crippen LogP contribution in [0.3, 0.4) is 0 Å². The van der Waals surface area contributed by atoms with E-state index in [9.17, 15) is 8.42 Å². The molecule has 6 nitrogen and oxygen atoms in total. The largest absolute Gasteiger partial charge is 0.495 e. The molecule has 0 fully saturated rings. The molecule has 0 amide bonds. The summed E-state index contributed by atoms with van der Waals surface area (Å²) in [6.07, 6.45) is 0. The molecule has 2 heterocycles. The lowest BCUT2D eigenvalue weighted by Crippen LogP contribution is -2.35. The van der Waals surface area contributed by atoms with Crippen molar-refractivity contribution in [3.63, 3.8) is 0 Å². The number of thioether (sulfide) groups is 1. The molecule has 0 bridgehead atoms. The van der Waals surface area contributed by atoms with Gasteiger partial charge in [0.05, 0.1) is 18.5 Å². The second kappa shape index (κ2) is 6.94. The van der Waals surface area contributed by atoms with Gasteiger partial charge in [-0.15, -0.1) is 11.8 Å². The van der Waals surface area contributed by atoms with Crippen LogP contribution in [-0.2, 0) is 10.0 Å². The van der Waals surface area contributed by atoms with Crippen molar-refractivity contribution in [3.05, 3.63) is 54.2 Å². The predicted octanol–water partition coefficient (Wildman–Crippen LogP) is 3.96. The average molecular weight is 402 g/mol. The minimum Gasteiger partial charge on any atom is -0.495 e. The highest BCUT2D eigenvalue weighted by Gasteiger charge is 2.32. The summed E-state index contributed by atoms with van der Waals surface area (Å²) in [5.74, 6) is 1.51. The van der Waals surface area contributed by atoms with Crippen molar-refractivity contribution in [2.75, 3.05) is 23.7 Å². The van der Waals surface area contributed by atoms with Crippen molar-refractivity contribution in [3.8, 4) is 17.1 Å². The summed E-state index contributed by atoms with van der Waals surface area (Å²) in [5, 5.41) is 3.88. The van der Waals surface area contributed by atoms with Crippen molar-refractivity contribution in [2.45, 2.75) is 16.7 Å². The molecule has 4 rings (SSSR count). The molecule has 0 unspecified atom stereocenters. The number of sulfonamides is 1. The maximum absolute atomic E-state index is 13.5. The first kappa shape index (κ1) is 17.9. The molecule has 0 N–H and O–H groups in total. The quantitative estimate of drug-likeness (QED) is 0.658. The molecule has 0 saturated carbocycles. The van der Waals surface area contributed by atoms with Gasteiger partial charge < -0.3 is 9.26 Å². The standard InChI is InChI=1S/C19H18N2O4S2/c1-13-11-17(25-20-13)14-7-8-16(24-2)19(12-14)27(22,23)21-9-10-26-18-6-4-3-5-15(18)21/h3-8,11-12H,9-10H2,1-2H3. The second-order valence-electron chi connectivity index (χ2n) is 6.09. The molecule has 1 aromatic heterocycles. The summed E-state index contributed by atoms with van der Waals surface area (Å²) in [5.41, 5.74) is 2.05. The van der Waals surface area contributed by atoms with Crippen LogP contribution in [0.1, 0.15) is 5.69 Å². The first-order chi connectivity index (χ1) is 13.0. The van der Waals surface area contributed by atoms with E-state index in [0.29, 0.717) is 35.1 Å². The maximum atomic E-state index is 13.5. The Morgan fingerprint density at radius 3 is 2.74 bits per heavy atom. The number of aryl methyl sites for hydroxylation is 1. The van der Waals surface area contributed by atoms with Gasteiger partial charge in [0.15, 0.2) is 5.76 Å². The van der Waals surface area contributed by atoms with Gasteiger partial charge in [0.2, 0.25) is 0 Å². The van der Waals surface area contributed by atoms with Gasteiger partial charge in [0.25, 0.3) is 10.0 Å². The van der Waals surface area contributed by atoms with Gasteiger partial charge in [0, 0.05) is 28.8 Å². The molecule has 0 radical (unpaired) electrons. The Bertz CT molecular complexity index is 1090. The number of nitrogens with zero attached hydrogens (tertiary/aromatic N) is 2. The van der Waals surface area contributed by atoms with Crippen molar-refractivity contribution in [2.24, 2.45) is 0 Å². The van der Waals surface area contributed by atoms with Crippen LogP contribution in [0.25, 0.3) is 11.3 Å². The van der Waals surface area contributed by atoms with E-state index in [4.69, 9.17) is 9.26 Å². The zero-order valence-corrected chi connectivity index (χ0v) is 16.5. The highest BCUT2D eigenvalue weighted by Crippen LogP contribution is 2.40. The number of hydrogen-bond donors (Lipinski definition) is 0. The maximum Gasteiger partial charge on any atom is 0.268 e. The summed E-state index contributed by atoms with van der Waals surface area (Å²) >= 11 is 1.66. The predicted molar refractivity (Wildman–Crippen MR) is 105 cm³/mol. The van der Waals surface area contributed by atoms with E-state index in [1.54, 1.807) is 36.0 Å². The Morgan fingerprint density at radius 1 is 1.19 bits per heavy atom. The van der Waals surface area contributed by atoms with Crippen LogP contribution in [0.4, 0.5) is 5.69 Å². The summed E-state index contributed by atoms with van der Waals surface area (Å²) in [6, 6.07) is 14.3. The fourth-order valence-electron chi connectivity index (χ4n) is 3.04. The molecule has 0 aliphatic carbocycles. The van der Waals surface area contributed by atoms with E-state index in [1.165, 1.54) is 11.4 Å². The number of rotatable bonds is 4. The number of methoxy groups -OCH3 is 1. The lowest BCUT2D eigenvalue weighted by Gasteiger charge is -2.30. The van der Waals surface area contributed by atoms with Gasteiger partial charge in [0.1, 0.15) is 10.6 Å². The van der Waals surface area contributed by atoms with Crippen LogP contribution in [0.15, 0.2) is 62.8 Å². The smallest absolute Gasteiger partial charge is 0.268 e. The van der Waals surface area contributed by atoms with Crippen LogP contribution in [0.5, 0.6) is 5.75 Å². The Balaban J connectivity index is 1.84. The molecule has 1 aliphatic rings. The highest BCUT2D eigenvalue weighted by molar-refractivity contribution is 8.00. The third kappa shape index (κ3) is 3.19. The zero-order chi connectivity index (χ0) is 19.0. The molecule has 3 aromatic rings. The molecule has 2 aromatic carbocycles. The second-order valence-corrected chi connectivity index (χ2v) is 9.06. The number of benzene rings is 2. The van der Waals surface area contributed by atoms with E-state index in [1.807, 2.05) is 31.2 Å². The fourth-order valence-corrected chi connectivity index (χ4v) is 5.88. The summed E-state index contributed by atoms with van der Waals surface area (Å²) in [4.78, 5) is 1.06. The molecule has 1 aliphatic heterocycles. The molecule has 0 spiro atoms. The Labute approximate surface area is 162 Å². The van der Waals surface area contributed by atoms with E-state index < -0.39 is 10.0 Å². The minimum absolute atomic E-state index is 0.109. The monoisotopic (exact) mass is 402 g/mol. The van der Waals surface area contributed by atoms with Crippen molar-refractivity contribution < 1.29 is 17.7 Å². The third-order valence-corrected chi connectivity index (χ3v) is 7.21. The molecule has 0 saturated heterocycles. The first-order valence-corrected chi connectivity index (χ1v) is 10.8. The van der Waals surface area contributed by atoms with Crippen LogP contribution in [-0.4, -0.2) is 33.0 Å². The van der Waals surface area contributed by atoms with Crippen LogP contribution >= 0.6 is 11.8 Å². The summed E-state index contributed by atoms with van der Waals surface area (Å²) in [7, 11) is -2.34. The van der Waals surface area contributed by atoms with Crippen LogP contribution in [0.2, 0.25) is 0 Å². The van der Waals surface area contributed by atoms with Gasteiger partial charge in [-0.2, -0.15) is 0 Å². The van der Waals surface area contributed by atoms with E-state index >= 15 is 0 Å². The van der Waals surface area contributed by atoms with Gasteiger partial charge >= 0.3 is 0 Å². The van der Waals surface area contributed by atoms with Gasteiger partial charge in [-0.3, -0.25) is 4.31 Å². The highest BCUT2D eigenvalue weighted by atomic mass is 32.2. The minimum atomic E-state index is -3.81. The number of para-hydroxylation sites is 1. The van der Waals surface area contributed by atoms with Crippen LogP contribution in [0, 0.1) is 6.92 Å². The molecule has 27 heavy (non-hydrogen) atoms. The fraction of sp³-hybridized carbons (Fsp3) is 0.211. The molecular weight excluding hydrogens is 384 g/mol. The Hall–Kier alpha value is -2.45. The number of aromatic nitrogens is 1. The first-order valence-electron chi connectivity index (χ1n) is 8.37. The van der Waals surface area contributed by atoms with Crippen molar-refractivity contribution in [1.29, 1.82) is 0 Å². The lowest BCUT2D eigenvalue weighted by molar-refractivity contribution is 0.402. The summed E-state index contributed by atoms with van der Waals surface area (Å²) < 4.78 is 39.1. The van der Waals surface area contributed by atoms with Gasteiger partial charge in [-0.25, -0.2) is 8.42 Å². The Morgan fingerprint density at radius 2 is 2.00 bits per heavy atom. The van der Waals surface area contributed by atoms with Crippen LogP contribution < -0.4 is 9.04 Å². The average Bonchev–Trinajstić information content (AvgIpc) is 3.13. The molecule has 8 heteroatoms. The van der Waals surface area contributed by atoms with E-state index in [-0.39, 0.29) is 4.90 Å². The van der Waals surface area contributed by atoms with E-state index in [0.717, 1.165) is 10.6 Å². The molecular formula is C19H18N2O4S2. The topological polar surface area (TPSA) is 72.6 Å². The Kier molecular flexibility index (Phi) is 4.61. The van der Waals surface area contributed by atoms with Crippen molar-refractivity contribution in [1.82, 2.24) is 5.16 Å². The number of fused-ring (bicyclic) bond motifs is 1. The van der Waals surface area contributed by atoms with E-state index in [2.05, 4.69) is 5.16 Å². The number of ether oxygens (including phenoxy) is 1. The normalized spacial score (nSPS) is 14.1. The number of hydrogen-bond acceptors (Lipinski definition) is 6. The van der Waals surface area contributed by atoms with Gasteiger partial charge in [-0.05, 0) is 37.3 Å². The van der Waals surface area contributed by atoms with Gasteiger partial charge in [-0.1, -0.05) is 17.3 Å². The summed E-state index contributed by atoms with van der Waals surface area (Å²) in [6.45, 7) is 2.22. The molecule has 0 atom stereocenters. The van der Waals surface area contributed by atoms with Crippen molar-refractivity contribution >= 4 is 27.5 Å². The third-order valence-electron chi connectivity index (χ3n) is 4.33. The zero-order valence-electron chi connectivity index (χ0n) is 14.9. The molecule has 140 valence electrons. The lowest BCUT2D eigenvalue weighted by atomic mass is 10.1.